The molecular formula is C21H35ClNO7PS. The van der Waals surface area contributed by atoms with Gasteiger partial charge in [-0.25, -0.2) is 4.57 Å². The summed E-state index contributed by atoms with van der Waals surface area (Å²) in [7, 11) is 0.179. The van der Waals surface area contributed by atoms with E-state index in [2.05, 4.69) is 0 Å². The van der Waals surface area contributed by atoms with Crippen molar-refractivity contribution in [3.63, 3.8) is 0 Å². The van der Waals surface area contributed by atoms with Crippen LogP contribution in [0.4, 0.5) is 0 Å². The second kappa shape index (κ2) is 14.6. The molecule has 0 saturated heterocycles. The van der Waals surface area contributed by atoms with Gasteiger partial charge in [-0.2, -0.15) is 0 Å². The summed E-state index contributed by atoms with van der Waals surface area (Å²) in [5.41, 5.74) is 0. The Morgan fingerprint density at radius 1 is 1.12 bits per heavy atom. The fraction of sp³-hybridized carbons (Fsp3) is 0.667. The van der Waals surface area contributed by atoms with Gasteiger partial charge in [0.25, 0.3) is 0 Å². The maximum absolute atomic E-state index is 12.4. The van der Waals surface area contributed by atoms with Crippen LogP contribution in [0.3, 0.4) is 0 Å². The van der Waals surface area contributed by atoms with Gasteiger partial charge in [0.1, 0.15) is 6.10 Å². The Morgan fingerprint density at radius 2 is 1.69 bits per heavy atom. The third kappa shape index (κ3) is 13.2. The summed E-state index contributed by atoms with van der Waals surface area (Å²) in [6.07, 6.45) is 1.98. The van der Waals surface area contributed by atoms with E-state index in [1.54, 1.807) is 32.9 Å². The first kappa shape index (κ1) is 29.4. The number of halogens is 1. The molecule has 8 nitrogen and oxygen atoms in total. The van der Waals surface area contributed by atoms with Crippen LogP contribution in [0.5, 0.6) is 0 Å². The Balaban J connectivity index is 2.18. The predicted octanol–water partition coefficient (Wildman–Crippen LogP) is 4.14. The van der Waals surface area contributed by atoms with Crippen molar-refractivity contribution in [2.24, 2.45) is 0 Å². The van der Waals surface area contributed by atoms with Crippen molar-refractivity contribution in [1.29, 1.82) is 0 Å². The highest BCUT2D eigenvalue weighted by atomic mass is 35.5. The summed E-state index contributed by atoms with van der Waals surface area (Å²) in [5.74, 6) is -0.239. The molecule has 2 N–H and O–H groups in total. The van der Waals surface area contributed by atoms with Crippen LogP contribution in [0.25, 0.3) is 0 Å². The van der Waals surface area contributed by atoms with E-state index >= 15 is 0 Å². The van der Waals surface area contributed by atoms with Crippen LogP contribution in [-0.4, -0.2) is 66.3 Å². The molecule has 0 radical (unpaired) electrons. The first-order chi connectivity index (χ1) is 14.9. The number of unbranched alkanes of at least 4 members (excludes halogenated alkanes) is 5. The van der Waals surface area contributed by atoms with Gasteiger partial charge in [0.15, 0.2) is 0 Å². The maximum atomic E-state index is 12.4. The molecule has 0 heterocycles. The van der Waals surface area contributed by atoms with Crippen LogP contribution in [0.2, 0.25) is 5.02 Å². The number of benzene rings is 1. The highest BCUT2D eigenvalue weighted by Gasteiger charge is 2.34. The molecule has 0 fully saturated rings. The summed E-state index contributed by atoms with van der Waals surface area (Å²) >= 11 is 7.67. The summed E-state index contributed by atoms with van der Waals surface area (Å²) in [6, 6.07) is 7.80. The number of carbonyl (C=O) groups is 1. The minimum atomic E-state index is -4.52. The van der Waals surface area contributed by atoms with Crippen molar-refractivity contribution in [2.75, 3.05) is 33.5 Å². The van der Waals surface area contributed by atoms with E-state index in [0.717, 1.165) is 42.9 Å². The number of thioether (sulfide) groups is 1. The van der Waals surface area contributed by atoms with Gasteiger partial charge in [0, 0.05) is 16.1 Å². The fourth-order valence-electron chi connectivity index (χ4n) is 2.87. The summed E-state index contributed by atoms with van der Waals surface area (Å²) < 4.78 is 21.9. The van der Waals surface area contributed by atoms with Gasteiger partial charge >= 0.3 is 13.8 Å². The lowest BCUT2D eigenvalue weighted by molar-refractivity contribution is -0.973. The lowest BCUT2D eigenvalue weighted by atomic mass is 10.1. The fourth-order valence-corrected chi connectivity index (χ4v) is 4.85. The van der Waals surface area contributed by atoms with Crippen LogP contribution in [-0.2, 0) is 18.4 Å². The number of quaternary nitrogens is 1. The second-order valence-electron chi connectivity index (χ2n) is 8.47. The van der Waals surface area contributed by atoms with Crippen LogP contribution < -0.4 is 5.11 Å². The van der Waals surface area contributed by atoms with Crippen LogP contribution in [0, 0.1) is 0 Å². The molecule has 2 unspecified atom stereocenters. The molecule has 1 aromatic carbocycles. The minimum absolute atomic E-state index is 0.00782. The van der Waals surface area contributed by atoms with E-state index < -0.39 is 32.5 Å². The van der Waals surface area contributed by atoms with E-state index in [1.807, 2.05) is 24.3 Å². The largest absolute Gasteiger partial charge is 0.804 e. The SMILES string of the molecule is C[N+](C)(C)C([O-])[C@@H](CC(=O)O)OP(=O)(O)OCCCCCCCCSc1ccc(Cl)cc1. The molecule has 0 aliphatic carbocycles. The molecule has 11 heteroatoms. The molecule has 0 saturated carbocycles. The van der Waals surface area contributed by atoms with E-state index in [-0.39, 0.29) is 11.1 Å². The zero-order chi connectivity index (χ0) is 24.2. The number of phosphoric acid groups is 1. The number of phosphoric ester groups is 1. The molecule has 1 rings (SSSR count). The number of likely N-dealkylation sites (N-methyl/N-ethyl adjacent to an activating group) is 1. The molecule has 0 amide bonds. The monoisotopic (exact) mass is 511 g/mol. The van der Waals surface area contributed by atoms with Gasteiger partial charge < -0.3 is 19.6 Å². The minimum Gasteiger partial charge on any atom is -0.804 e. The van der Waals surface area contributed by atoms with E-state index in [4.69, 9.17) is 25.8 Å². The molecule has 32 heavy (non-hydrogen) atoms. The number of hydrogen-bond donors (Lipinski definition) is 2. The number of carboxylic acid groups (broad SMARTS) is 1. The molecule has 0 aliphatic heterocycles. The van der Waals surface area contributed by atoms with Crippen molar-refractivity contribution < 1.29 is 38.0 Å². The van der Waals surface area contributed by atoms with Crippen molar-refractivity contribution in [2.45, 2.75) is 62.2 Å². The third-order valence-electron chi connectivity index (χ3n) is 4.60. The highest BCUT2D eigenvalue weighted by Crippen LogP contribution is 2.45. The third-order valence-corrected chi connectivity index (χ3v) is 7.00. The van der Waals surface area contributed by atoms with E-state index in [0.29, 0.717) is 6.42 Å². The standard InChI is InChI=1S/C21H35ClNO7PS/c1-23(2,3)21(26)19(16-20(24)25)30-31(27,28)29-14-8-6-4-5-7-9-15-32-18-12-10-17(22)11-13-18/h10-13,19,21H,4-9,14-16H2,1-3H3,(H,24,25)(H,27,28)/t19-,21?/m1/s1. The van der Waals surface area contributed by atoms with Crippen molar-refractivity contribution >= 4 is 37.2 Å². The number of rotatable bonds is 17. The number of hydrogen-bond acceptors (Lipinski definition) is 6. The predicted molar refractivity (Wildman–Crippen MR) is 125 cm³/mol. The molecule has 0 bridgehead atoms. The van der Waals surface area contributed by atoms with Crippen molar-refractivity contribution in [1.82, 2.24) is 0 Å². The summed E-state index contributed by atoms with van der Waals surface area (Å²) in [4.78, 5) is 22.1. The van der Waals surface area contributed by atoms with Gasteiger partial charge in [-0.15, -0.1) is 11.8 Å². The zero-order valence-electron chi connectivity index (χ0n) is 18.9. The Kier molecular flexibility index (Phi) is 13.4. The lowest BCUT2D eigenvalue weighted by Gasteiger charge is -2.42. The maximum Gasteiger partial charge on any atom is 0.472 e. The van der Waals surface area contributed by atoms with Gasteiger partial charge in [0.2, 0.25) is 0 Å². The molecule has 184 valence electrons. The van der Waals surface area contributed by atoms with Gasteiger partial charge in [-0.05, 0) is 42.9 Å². The Morgan fingerprint density at radius 3 is 2.25 bits per heavy atom. The molecule has 0 aromatic heterocycles. The lowest BCUT2D eigenvalue weighted by Crippen LogP contribution is -2.60. The summed E-state index contributed by atoms with van der Waals surface area (Å²) in [6.45, 7) is 0.00782. The van der Waals surface area contributed by atoms with Crippen LogP contribution in [0.15, 0.2) is 29.2 Å². The number of carboxylic acids is 1. The smallest absolute Gasteiger partial charge is 0.472 e. The Labute approximate surface area is 200 Å². The first-order valence-corrected chi connectivity index (χ1v) is 13.5. The quantitative estimate of drug-likeness (QED) is 0.105. The first-order valence-electron chi connectivity index (χ1n) is 10.6. The van der Waals surface area contributed by atoms with Gasteiger partial charge in [-0.3, -0.25) is 13.8 Å². The normalized spacial score (nSPS) is 15.8. The number of nitrogens with zero attached hydrogens (tertiary/aromatic N) is 1. The molecule has 0 aliphatic rings. The average Bonchev–Trinajstić information content (AvgIpc) is 2.68. The van der Waals surface area contributed by atoms with E-state index in [1.165, 1.54) is 4.90 Å². The second-order valence-corrected chi connectivity index (χ2v) is 11.5. The average molecular weight is 512 g/mol. The van der Waals surface area contributed by atoms with Crippen molar-refractivity contribution in [3.8, 4) is 0 Å². The van der Waals surface area contributed by atoms with Crippen molar-refractivity contribution in [3.05, 3.63) is 29.3 Å². The molecule has 0 spiro atoms. The van der Waals surface area contributed by atoms with Gasteiger partial charge in [-0.1, -0.05) is 37.3 Å². The van der Waals surface area contributed by atoms with Gasteiger partial charge in [0.05, 0.1) is 34.2 Å². The molecule has 1 aromatic rings. The molecule has 3 atom stereocenters. The van der Waals surface area contributed by atoms with Crippen LogP contribution in [0.1, 0.15) is 44.9 Å². The molecular weight excluding hydrogens is 477 g/mol. The zero-order valence-corrected chi connectivity index (χ0v) is 21.4. The van der Waals surface area contributed by atoms with E-state index in [9.17, 15) is 19.4 Å². The Hall–Kier alpha value is -0.640. The van der Waals surface area contributed by atoms with Crippen LogP contribution >= 0.6 is 31.2 Å². The highest BCUT2D eigenvalue weighted by molar-refractivity contribution is 7.99. The Bertz CT molecular complexity index is 730. The topological polar surface area (TPSA) is 116 Å². The summed E-state index contributed by atoms with van der Waals surface area (Å²) in [5, 5.41) is 22.1. The number of aliphatic carboxylic acids is 1.